The van der Waals surface area contributed by atoms with Crippen LogP contribution in [0.25, 0.3) is 0 Å². The van der Waals surface area contributed by atoms with Crippen LogP contribution in [0.15, 0.2) is 18.2 Å². The molecule has 0 spiro atoms. The van der Waals surface area contributed by atoms with E-state index in [0.29, 0.717) is 9.90 Å². The number of nitrogens with one attached hydrogen (secondary N) is 1. The van der Waals surface area contributed by atoms with E-state index in [0.717, 1.165) is 48.3 Å². The lowest BCUT2D eigenvalue weighted by molar-refractivity contribution is 0.103. The second-order valence-electron chi connectivity index (χ2n) is 8.09. The van der Waals surface area contributed by atoms with E-state index in [1.54, 1.807) is 0 Å². The number of piperazine rings is 1. The third-order valence-electron chi connectivity index (χ3n) is 4.70. The van der Waals surface area contributed by atoms with Gasteiger partial charge in [0.05, 0.1) is 22.1 Å². The summed E-state index contributed by atoms with van der Waals surface area (Å²) >= 11 is 7.68. The number of halogens is 1. The number of hydrogen-bond acceptors (Lipinski definition) is 5. The molecule has 1 aromatic heterocycles. The number of likely N-dealkylation sites (N-methyl/N-ethyl adjacent to an activating group) is 1. The summed E-state index contributed by atoms with van der Waals surface area (Å²) in [5.74, 6) is -0.127. The van der Waals surface area contributed by atoms with Gasteiger partial charge in [-0.1, -0.05) is 32.4 Å². The van der Waals surface area contributed by atoms with Gasteiger partial charge in [0, 0.05) is 36.6 Å². The molecule has 1 aliphatic heterocycles. The van der Waals surface area contributed by atoms with Gasteiger partial charge in [-0.3, -0.25) is 4.79 Å². The molecule has 1 aliphatic rings. The maximum atomic E-state index is 13.0. The zero-order valence-electron chi connectivity index (χ0n) is 16.6. The minimum Gasteiger partial charge on any atom is -0.367 e. The van der Waals surface area contributed by atoms with Gasteiger partial charge in [-0.15, -0.1) is 11.3 Å². The number of amides is 1. The van der Waals surface area contributed by atoms with Crippen molar-refractivity contribution >= 4 is 40.2 Å². The minimum atomic E-state index is -0.127. The monoisotopic (exact) mass is 406 g/mol. The lowest BCUT2D eigenvalue weighted by atomic mass is 9.98. The van der Waals surface area contributed by atoms with Gasteiger partial charge in [0.1, 0.15) is 4.88 Å². The van der Waals surface area contributed by atoms with Crippen LogP contribution in [0, 0.1) is 6.92 Å². The fourth-order valence-electron chi connectivity index (χ4n) is 3.04. The van der Waals surface area contributed by atoms with Crippen LogP contribution in [-0.4, -0.2) is 49.0 Å². The average molecular weight is 407 g/mol. The van der Waals surface area contributed by atoms with Gasteiger partial charge in [-0.2, -0.15) is 0 Å². The van der Waals surface area contributed by atoms with Crippen LogP contribution in [0.2, 0.25) is 5.02 Å². The number of nitrogens with zero attached hydrogens (tertiary/aromatic N) is 3. The molecule has 1 aromatic carbocycles. The van der Waals surface area contributed by atoms with Crippen molar-refractivity contribution < 1.29 is 4.79 Å². The van der Waals surface area contributed by atoms with E-state index in [2.05, 4.69) is 47.9 Å². The van der Waals surface area contributed by atoms with Crippen LogP contribution in [0.4, 0.5) is 11.4 Å². The number of hydrogen-bond donors (Lipinski definition) is 1. The normalized spacial score (nSPS) is 15.9. The van der Waals surface area contributed by atoms with Crippen molar-refractivity contribution in [2.45, 2.75) is 33.1 Å². The first-order valence-corrected chi connectivity index (χ1v) is 10.4. The van der Waals surface area contributed by atoms with Crippen LogP contribution in [0.1, 0.15) is 41.1 Å². The van der Waals surface area contributed by atoms with Gasteiger partial charge >= 0.3 is 0 Å². The molecule has 2 aromatic rings. The zero-order valence-corrected chi connectivity index (χ0v) is 18.2. The molecule has 27 heavy (non-hydrogen) atoms. The van der Waals surface area contributed by atoms with Crippen LogP contribution in [0.3, 0.4) is 0 Å². The largest absolute Gasteiger partial charge is 0.367 e. The number of thiazole rings is 1. The van der Waals surface area contributed by atoms with Crippen molar-refractivity contribution in [3.05, 3.63) is 38.8 Å². The van der Waals surface area contributed by atoms with Crippen molar-refractivity contribution in [3.8, 4) is 0 Å². The minimum absolute atomic E-state index is 0.0744. The van der Waals surface area contributed by atoms with E-state index in [1.807, 2.05) is 25.1 Å². The number of carbonyl (C=O) groups excluding carboxylic acids is 1. The molecule has 1 N–H and O–H groups in total. The van der Waals surface area contributed by atoms with Crippen molar-refractivity contribution in [2.24, 2.45) is 0 Å². The van der Waals surface area contributed by atoms with Gasteiger partial charge in [0.25, 0.3) is 5.91 Å². The Labute approximate surface area is 170 Å². The highest BCUT2D eigenvalue weighted by Gasteiger charge is 2.24. The molecular formula is C20H27ClN4OS. The summed E-state index contributed by atoms with van der Waals surface area (Å²) in [6, 6.07) is 5.69. The smallest absolute Gasteiger partial charge is 0.267 e. The molecule has 0 bridgehead atoms. The Morgan fingerprint density at radius 2 is 1.89 bits per heavy atom. The molecule has 0 atom stereocenters. The van der Waals surface area contributed by atoms with Gasteiger partial charge in [0.15, 0.2) is 0 Å². The zero-order chi connectivity index (χ0) is 19.8. The highest BCUT2D eigenvalue weighted by atomic mass is 35.5. The second-order valence-corrected chi connectivity index (χ2v) is 9.52. The Hall–Kier alpha value is -1.63. The molecule has 0 aliphatic carbocycles. The predicted molar refractivity (Wildman–Crippen MR) is 115 cm³/mol. The summed E-state index contributed by atoms with van der Waals surface area (Å²) in [5, 5.41) is 4.65. The Kier molecular flexibility index (Phi) is 5.79. The van der Waals surface area contributed by atoms with Crippen LogP contribution >= 0.6 is 22.9 Å². The van der Waals surface area contributed by atoms with E-state index < -0.39 is 0 Å². The first kappa shape index (κ1) is 20.1. The molecule has 1 saturated heterocycles. The van der Waals surface area contributed by atoms with Gasteiger partial charge in [-0.05, 0) is 32.2 Å². The number of rotatable bonds is 3. The molecular weight excluding hydrogens is 380 g/mol. The number of aryl methyl sites for hydroxylation is 1. The standard InChI is InChI=1S/C20H27ClN4OS/c1-13-17(27-19(22-13)20(2,3)4)18(26)23-15-12-14(21)6-7-16(15)25-10-8-24(5)9-11-25/h6-7,12H,8-11H2,1-5H3,(H,23,26). The molecule has 0 radical (unpaired) electrons. The third-order valence-corrected chi connectivity index (χ3v) is 6.51. The number of carbonyl (C=O) groups is 1. The Morgan fingerprint density at radius 3 is 2.48 bits per heavy atom. The molecule has 3 rings (SSSR count). The third kappa shape index (κ3) is 4.62. The van der Waals surface area contributed by atoms with Crippen LogP contribution < -0.4 is 10.2 Å². The quantitative estimate of drug-likeness (QED) is 0.820. The van der Waals surface area contributed by atoms with E-state index in [-0.39, 0.29) is 11.3 Å². The summed E-state index contributed by atoms with van der Waals surface area (Å²) in [5.41, 5.74) is 2.46. The van der Waals surface area contributed by atoms with Gasteiger partial charge < -0.3 is 15.1 Å². The van der Waals surface area contributed by atoms with Crippen molar-refractivity contribution in [1.82, 2.24) is 9.88 Å². The molecule has 0 unspecified atom stereocenters. The first-order chi connectivity index (χ1) is 12.6. The summed E-state index contributed by atoms with van der Waals surface area (Å²) in [6.45, 7) is 12.1. The number of benzene rings is 1. The van der Waals surface area contributed by atoms with Crippen molar-refractivity contribution in [1.29, 1.82) is 0 Å². The van der Waals surface area contributed by atoms with E-state index in [4.69, 9.17) is 11.6 Å². The van der Waals surface area contributed by atoms with Crippen molar-refractivity contribution in [2.75, 3.05) is 43.4 Å². The van der Waals surface area contributed by atoms with Crippen LogP contribution in [-0.2, 0) is 5.41 Å². The van der Waals surface area contributed by atoms with E-state index >= 15 is 0 Å². The maximum Gasteiger partial charge on any atom is 0.267 e. The molecule has 2 heterocycles. The molecule has 1 amide bonds. The second kappa shape index (κ2) is 7.78. The van der Waals surface area contributed by atoms with Crippen molar-refractivity contribution in [3.63, 3.8) is 0 Å². The highest BCUT2D eigenvalue weighted by Crippen LogP contribution is 2.33. The topological polar surface area (TPSA) is 48.5 Å². The molecule has 7 heteroatoms. The first-order valence-electron chi connectivity index (χ1n) is 9.17. The molecule has 146 valence electrons. The summed E-state index contributed by atoms with van der Waals surface area (Å²) < 4.78 is 0. The molecule has 1 fully saturated rings. The Morgan fingerprint density at radius 1 is 1.22 bits per heavy atom. The lowest BCUT2D eigenvalue weighted by Gasteiger charge is -2.35. The highest BCUT2D eigenvalue weighted by molar-refractivity contribution is 7.14. The molecule has 5 nitrogen and oxygen atoms in total. The fourth-order valence-corrected chi connectivity index (χ4v) is 4.23. The Balaban J connectivity index is 1.86. The lowest BCUT2D eigenvalue weighted by Crippen LogP contribution is -2.44. The van der Waals surface area contributed by atoms with Gasteiger partial charge in [-0.25, -0.2) is 4.98 Å². The molecule has 0 saturated carbocycles. The average Bonchev–Trinajstić information content (AvgIpc) is 2.98. The summed E-state index contributed by atoms with van der Waals surface area (Å²) in [4.78, 5) is 22.8. The van der Waals surface area contributed by atoms with Gasteiger partial charge in [0.2, 0.25) is 0 Å². The SMILES string of the molecule is Cc1nc(C(C)(C)C)sc1C(=O)Nc1cc(Cl)ccc1N1CCN(C)CC1. The Bertz CT molecular complexity index is 835. The van der Waals surface area contributed by atoms with E-state index in [1.165, 1.54) is 11.3 Å². The maximum absolute atomic E-state index is 13.0. The fraction of sp³-hybridized carbons (Fsp3) is 0.500. The predicted octanol–water partition coefficient (Wildman–Crippen LogP) is 4.41. The number of anilines is 2. The van der Waals surface area contributed by atoms with Crippen LogP contribution in [0.5, 0.6) is 0 Å². The summed E-state index contributed by atoms with van der Waals surface area (Å²) in [7, 11) is 2.13. The van der Waals surface area contributed by atoms with E-state index in [9.17, 15) is 4.79 Å². The number of aromatic nitrogens is 1. The summed E-state index contributed by atoms with van der Waals surface area (Å²) in [6.07, 6.45) is 0.